The Bertz CT molecular complexity index is 548. The van der Waals surface area contributed by atoms with Crippen LogP contribution in [0, 0.1) is 12.8 Å². The normalized spacial score (nSPS) is 18.7. The van der Waals surface area contributed by atoms with E-state index in [0.29, 0.717) is 29.2 Å². The molecule has 2 rings (SSSR count). The second-order valence-electron chi connectivity index (χ2n) is 5.82. The highest BCUT2D eigenvalue weighted by Gasteiger charge is 2.28. The van der Waals surface area contributed by atoms with Gasteiger partial charge in [-0.25, -0.2) is 4.79 Å². The zero-order valence-electron chi connectivity index (χ0n) is 13.3. The quantitative estimate of drug-likeness (QED) is 0.871. The standard InChI is InChI=1S/C16H24N2O3/c1-5-12-13(16(20)21-4)11(3)14(17-12)15(19)18-8-6-7-10(2)9-18/h10,17H,5-9H2,1-4H3. The average molecular weight is 292 g/mol. The Hall–Kier alpha value is -1.78. The summed E-state index contributed by atoms with van der Waals surface area (Å²) in [5, 5.41) is 0. The first-order valence-corrected chi connectivity index (χ1v) is 7.58. The molecule has 0 spiro atoms. The number of amides is 1. The van der Waals surface area contributed by atoms with E-state index in [4.69, 9.17) is 4.74 Å². The number of rotatable bonds is 3. The summed E-state index contributed by atoms with van der Waals surface area (Å²) in [6.07, 6.45) is 2.87. The first kappa shape index (κ1) is 15.6. The SMILES string of the molecule is CCc1[nH]c(C(=O)N2CCCC(C)C2)c(C)c1C(=O)OC. The Kier molecular flexibility index (Phi) is 4.70. The Morgan fingerprint density at radius 1 is 1.43 bits per heavy atom. The molecule has 1 aromatic rings. The summed E-state index contributed by atoms with van der Waals surface area (Å²) >= 11 is 0. The molecule has 1 amide bonds. The van der Waals surface area contributed by atoms with Crippen molar-refractivity contribution in [2.45, 2.75) is 40.0 Å². The molecule has 21 heavy (non-hydrogen) atoms. The van der Waals surface area contributed by atoms with Gasteiger partial charge in [-0.3, -0.25) is 4.79 Å². The van der Waals surface area contributed by atoms with Crippen LogP contribution in [-0.2, 0) is 11.2 Å². The van der Waals surface area contributed by atoms with E-state index in [0.717, 1.165) is 25.2 Å². The minimum Gasteiger partial charge on any atom is -0.465 e. The predicted octanol–water partition coefficient (Wildman–Crippen LogP) is 2.54. The van der Waals surface area contributed by atoms with Crippen molar-refractivity contribution >= 4 is 11.9 Å². The van der Waals surface area contributed by atoms with Crippen LogP contribution in [0.15, 0.2) is 0 Å². The average Bonchev–Trinajstić information content (AvgIpc) is 2.82. The zero-order chi connectivity index (χ0) is 15.6. The highest BCUT2D eigenvalue weighted by molar-refractivity contribution is 6.00. The van der Waals surface area contributed by atoms with E-state index in [1.165, 1.54) is 13.5 Å². The van der Waals surface area contributed by atoms with Crippen LogP contribution < -0.4 is 0 Å². The maximum atomic E-state index is 12.7. The highest BCUT2D eigenvalue weighted by Crippen LogP contribution is 2.24. The smallest absolute Gasteiger partial charge is 0.339 e. The van der Waals surface area contributed by atoms with Crippen LogP contribution in [0.3, 0.4) is 0 Å². The van der Waals surface area contributed by atoms with Crippen LogP contribution in [0.2, 0.25) is 0 Å². The summed E-state index contributed by atoms with van der Waals surface area (Å²) in [5.74, 6) is 0.138. The van der Waals surface area contributed by atoms with Crippen molar-refractivity contribution in [1.82, 2.24) is 9.88 Å². The van der Waals surface area contributed by atoms with Gasteiger partial charge < -0.3 is 14.6 Å². The minimum atomic E-state index is -0.383. The molecule has 1 N–H and O–H groups in total. The molecule has 0 aromatic carbocycles. The number of hydrogen-bond acceptors (Lipinski definition) is 3. The molecular weight excluding hydrogens is 268 g/mol. The van der Waals surface area contributed by atoms with Crippen molar-refractivity contribution < 1.29 is 14.3 Å². The fourth-order valence-electron chi connectivity index (χ4n) is 3.05. The number of methoxy groups -OCH3 is 1. The van der Waals surface area contributed by atoms with Gasteiger partial charge >= 0.3 is 5.97 Å². The van der Waals surface area contributed by atoms with Crippen molar-refractivity contribution in [1.29, 1.82) is 0 Å². The number of nitrogens with zero attached hydrogens (tertiary/aromatic N) is 1. The third-order valence-electron chi connectivity index (χ3n) is 4.23. The second kappa shape index (κ2) is 6.33. The van der Waals surface area contributed by atoms with Crippen LogP contribution in [-0.4, -0.2) is 42.0 Å². The van der Waals surface area contributed by atoms with Crippen molar-refractivity contribution in [3.63, 3.8) is 0 Å². The molecule has 2 heterocycles. The Labute approximate surface area is 125 Å². The first-order valence-electron chi connectivity index (χ1n) is 7.58. The van der Waals surface area contributed by atoms with Crippen LogP contribution in [0.25, 0.3) is 0 Å². The maximum absolute atomic E-state index is 12.7. The van der Waals surface area contributed by atoms with Gasteiger partial charge in [0.05, 0.1) is 12.7 Å². The summed E-state index contributed by atoms with van der Waals surface area (Å²) in [5.41, 5.74) is 2.50. The zero-order valence-corrected chi connectivity index (χ0v) is 13.3. The molecule has 5 nitrogen and oxygen atoms in total. The first-order chi connectivity index (χ1) is 9.99. The van der Waals surface area contributed by atoms with Gasteiger partial charge in [0.25, 0.3) is 5.91 Å². The number of piperidine rings is 1. The van der Waals surface area contributed by atoms with Crippen LogP contribution in [0.5, 0.6) is 0 Å². The van der Waals surface area contributed by atoms with Gasteiger partial charge in [0.15, 0.2) is 0 Å². The summed E-state index contributed by atoms with van der Waals surface area (Å²) in [6, 6.07) is 0. The molecule has 1 aromatic heterocycles. The van der Waals surface area contributed by atoms with Gasteiger partial charge in [0.1, 0.15) is 5.69 Å². The van der Waals surface area contributed by atoms with Gasteiger partial charge in [-0.15, -0.1) is 0 Å². The summed E-state index contributed by atoms with van der Waals surface area (Å²) in [4.78, 5) is 29.6. The Morgan fingerprint density at radius 2 is 2.14 bits per heavy atom. The largest absolute Gasteiger partial charge is 0.465 e. The van der Waals surface area contributed by atoms with Crippen molar-refractivity contribution in [2.75, 3.05) is 20.2 Å². The number of aryl methyl sites for hydroxylation is 1. The number of carbonyl (C=O) groups is 2. The molecule has 1 unspecified atom stereocenters. The van der Waals surface area contributed by atoms with E-state index in [2.05, 4.69) is 11.9 Å². The lowest BCUT2D eigenvalue weighted by molar-refractivity contribution is 0.0599. The molecule has 1 aliphatic heterocycles. The number of esters is 1. The number of aromatic nitrogens is 1. The molecule has 1 aliphatic rings. The number of H-pyrrole nitrogens is 1. The van der Waals surface area contributed by atoms with Gasteiger partial charge in [0.2, 0.25) is 0 Å². The highest BCUT2D eigenvalue weighted by atomic mass is 16.5. The monoisotopic (exact) mass is 292 g/mol. The van der Waals surface area contributed by atoms with E-state index in [-0.39, 0.29) is 11.9 Å². The topological polar surface area (TPSA) is 62.4 Å². The van der Waals surface area contributed by atoms with E-state index in [1.54, 1.807) is 0 Å². The van der Waals surface area contributed by atoms with E-state index in [9.17, 15) is 9.59 Å². The molecule has 0 radical (unpaired) electrons. The molecule has 116 valence electrons. The van der Waals surface area contributed by atoms with Crippen molar-refractivity contribution in [3.8, 4) is 0 Å². The van der Waals surface area contributed by atoms with E-state index in [1.807, 2.05) is 18.7 Å². The molecule has 0 aliphatic carbocycles. The third-order valence-corrected chi connectivity index (χ3v) is 4.23. The molecule has 0 bridgehead atoms. The van der Waals surface area contributed by atoms with Gasteiger partial charge in [-0.05, 0) is 37.7 Å². The number of ether oxygens (including phenoxy) is 1. The van der Waals surface area contributed by atoms with Gasteiger partial charge in [-0.1, -0.05) is 13.8 Å². The second-order valence-corrected chi connectivity index (χ2v) is 5.82. The molecule has 1 saturated heterocycles. The molecule has 1 fully saturated rings. The molecule has 5 heteroatoms. The minimum absolute atomic E-state index is 0.0103. The Morgan fingerprint density at radius 3 is 2.71 bits per heavy atom. The van der Waals surface area contributed by atoms with E-state index < -0.39 is 0 Å². The summed E-state index contributed by atoms with van der Waals surface area (Å²) < 4.78 is 4.83. The number of nitrogens with one attached hydrogen (secondary N) is 1. The lowest BCUT2D eigenvalue weighted by atomic mass is 9.99. The lowest BCUT2D eigenvalue weighted by Crippen LogP contribution is -2.39. The van der Waals surface area contributed by atoms with Gasteiger partial charge in [0, 0.05) is 18.8 Å². The van der Waals surface area contributed by atoms with Crippen molar-refractivity contribution in [3.05, 3.63) is 22.5 Å². The molecular formula is C16H24N2O3. The fourth-order valence-corrected chi connectivity index (χ4v) is 3.05. The van der Waals surface area contributed by atoms with Crippen LogP contribution >= 0.6 is 0 Å². The predicted molar refractivity (Wildman–Crippen MR) is 80.5 cm³/mol. The third kappa shape index (κ3) is 2.96. The number of carbonyl (C=O) groups excluding carboxylic acids is 2. The Balaban J connectivity index is 2.33. The van der Waals surface area contributed by atoms with Gasteiger partial charge in [-0.2, -0.15) is 0 Å². The molecule has 1 atom stereocenters. The fraction of sp³-hybridized carbons (Fsp3) is 0.625. The van der Waals surface area contributed by atoms with Crippen LogP contribution in [0.1, 0.15) is 58.8 Å². The van der Waals surface area contributed by atoms with Crippen LogP contribution in [0.4, 0.5) is 0 Å². The molecule has 0 saturated carbocycles. The number of aromatic amines is 1. The lowest BCUT2D eigenvalue weighted by Gasteiger charge is -2.30. The van der Waals surface area contributed by atoms with Crippen molar-refractivity contribution in [2.24, 2.45) is 5.92 Å². The maximum Gasteiger partial charge on any atom is 0.339 e. The summed E-state index contributed by atoms with van der Waals surface area (Å²) in [7, 11) is 1.36. The number of hydrogen-bond donors (Lipinski definition) is 1. The van der Waals surface area contributed by atoms with E-state index >= 15 is 0 Å². The summed E-state index contributed by atoms with van der Waals surface area (Å²) in [6.45, 7) is 7.50. The number of likely N-dealkylation sites (tertiary alicyclic amines) is 1.